The summed E-state index contributed by atoms with van der Waals surface area (Å²) in [6.07, 6.45) is 1.17. The summed E-state index contributed by atoms with van der Waals surface area (Å²) in [6.45, 7) is 0.810. The molecule has 2 amide bonds. The fraction of sp³-hybridized carbons (Fsp3) is 0.364. The minimum Gasteiger partial charge on any atom is -0.364 e. The molecule has 28 heavy (non-hydrogen) atoms. The lowest BCUT2D eigenvalue weighted by atomic mass is 10.0. The van der Waals surface area contributed by atoms with E-state index in [0.717, 1.165) is 17.5 Å². The van der Waals surface area contributed by atoms with Crippen molar-refractivity contribution in [2.24, 2.45) is 5.73 Å². The van der Waals surface area contributed by atoms with Crippen molar-refractivity contribution in [1.29, 1.82) is 0 Å². The Balaban J connectivity index is 1.64. The maximum absolute atomic E-state index is 12.8. The van der Waals surface area contributed by atoms with Gasteiger partial charge in [0.05, 0.1) is 6.10 Å². The Morgan fingerprint density at radius 2 is 1.64 bits per heavy atom. The predicted molar refractivity (Wildman–Crippen MR) is 107 cm³/mol. The molecule has 3 rings (SSSR count). The van der Waals surface area contributed by atoms with E-state index in [2.05, 4.69) is 10.6 Å². The number of benzene rings is 2. The monoisotopic (exact) mass is 381 g/mol. The largest absolute Gasteiger partial charge is 0.364 e. The van der Waals surface area contributed by atoms with Gasteiger partial charge in [0.25, 0.3) is 0 Å². The molecule has 1 heterocycles. The van der Waals surface area contributed by atoms with E-state index in [-0.39, 0.29) is 17.9 Å². The Hall–Kier alpha value is -2.70. The fourth-order valence-electron chi connectivity index (χ4n) is 3.30. The zero-order valence-electron chi connectivity index (χ0n) is 15.8. The highest BCUT2D eigenvalue weighted by Gasteiger charge is 2.32. The molecule has 0 radical (unpaired) electrons. The molecule has 0 spiro atoms. The van der Waals surface area contributed by atoms with E-state index in [4.69, 9.17) is 10.5 Å². The second kappa shape index (κ2) is 10.0. The smallest absolute Gasteiger partial charge is 0.249 e. The van der Waals surface area contributed by atoms with Crippen LogP contribution in [0.25, 0.3) is 0 Å². The van der Waals surface area contributed by atoms with E-state index >= 15 is 0 Å². The third kappa shape index (κ3) is 5.65. The van der Waals surface area contributed by atoms with Crippen LogP contribution in [0.5, 0.6) is 0 Å². The Labute approximate surface area is 165 Å². The van der Waals surface area contributed by atoms with Crippen LogP contribution in [0, 0.1) is 0 Å². The summed E-state index contributed by atoms with van der Waals surface area (Å²) in [5.41, 5.74) is 7.61. The van der Waals surface area contributed by atoms with Crippen LogP contribution in [-0.2, 0) is 27.3 Å². The first-order valence-corrected chi connectivity index (χ1v) is 9.67. The molecule has 3 atom stereocenters. The number of ether oxygens (including phenoxy) is 1. The normalized spacial score (nSPS) is 19.8. The molecule has 0 bridgehead atoms. The van der Waals surface area contributed by atoms with Gasteiger partial charge in [0.1, 0.15) is 12.1 Å². The third-order valence-electron chi connectivity index (χ3n) is 4.89. The van der Waals surface area contributed by atoms with Crippen LogP contribution in [0.2, 0.25) is 0 Å². The third-order valence-corrected chi connectivity index (χ3v) is 4.89. The minimum absolute atomic E-state index is 0.0877. The van der Waals surface area contributed by atoms with Crippen molar-refractivity contribution < 1.29 is 14.3 Å². The Morgan fingerprint density at radius 3 is 2.25 bits per heavy atom. The van der Waals surface area contributed by atoms with Crippen molar-refractivity contribution in [2.75, 3.05) is 6.54 Å². The molecule has 2 aromatic rings. The summed E-state index contributed by atoms with van der Waals surface area (Å²) < 4.78 is 5.66. The number of amides is 2. The molecule has 0 aromatic heterocycles. The number of carbonyl (C=O) groups excluding carboxylic acids is 2. The molecule has 4 N–H and O–H groups in total. The summed E-state index contributed by atoms with van der Waals surface area (Å²) in [7, 11) is 0. The zero-order valence-corrected chi connectivity index (χ0v) is 15.8. The average Bonchev–Trinajstić information content (AvgIpc) is 3.22. The van der Waals surface area contributed by atoms with Crippen molar-refractivity contribution in [2.45, 2.75) is 44.1 Å². The van der Waals surface area contributed by atoms with Gasteiger partial charge >= 0.3 is 0 Å². The molecule has 1 saturated heterocycles. The first-order valence-electron chi connectivity index (χ1n) is 9.67. The standard InChI is InChI=1S/C22H27N3O3/c23-14-18-11-12-20(28-18)22(27)25-19(13-16-7-3-1-4-8-16)21(26)24-15-17-9-5-2-6-10-17/h1-10,18-20H,11-15,23H2,(H,24,26)(H,25,27)/t18-,19?,20+/m1/s1. The summed E-state index contributed by atoms with van der Waals surface area (Å²) in [5, 5.41) is 5.79. The van der Waals surface area contributed by atoms with E-state index in [0.29, 0.717) is 25.9 Å². The second-order valence-corrected chi connectivity index (χ2v) is 7.01. The topological polar surface area (TPSA) is 93.5 Å². The molecule has 0 saturated carbocycles. The van der Waals surface area contributed by atoms with Gasteiger partial charge in [-0.3, -0.25) is 9.59 Å². The van der Waals surface area contributed by atoms with E-state index in [1.165, 1.54) is 0 Å². The van der Waals surface area contributed by atoms with Gasteiger partial charge in [0.2, 0.25) is 11.8 Å². The highest BCUT2D eigenvalue weighted by atomic mass is 16.5. The molecule has 1 unspecified atom stereocenters. The summed E-state index contributed by atoms with van der Waals surface area (Å²) in [5.74, 6) is -0.471. The molecular formula is C22H27N3O3. The molecule has 1 fully saturated rings. The summed E-state index contributed by atoms with van der Waals surface area (Å²) in [4.78, 5) is 25.4. The second-order valence-electron chi connectivity index (χ2n) is 7.01. The summed E-state index contributed by atoms with van der Waals surface area (Å²) >= 11 is 0. The molecule has 2 aromatic carbocycles. The maximum atomic E-state index is 12.8. The van der Waals surface area contributed by atoms with Crippen LogP contribution in [0.3, 0.4) is 0 Å². The minimum atomic E-state index is -0.667. The van der Waals surface area contributed by atoms with Crippen molar-refractivity contribution >= 4 is 11.8 Å². The van der Waals surface area contributed by atoms with E-state index in [1.807, 2.05) is 60.7 Å². The van der Waals surface area contributed by atoms with Gasteiger partial charge in [-0.15, -0.1) is 0 Å². The van der Waals surface area contributed by atoms with Crippen LogP contribution >= 0.6 is 0 Å². The number of hydrogen-bond acceptors (Lipinski definition) is 4. The van der Waals surface area contributed by atoms with Crippen molar-refractivity contribution in [3.05, 3.63) is 71.8 Å². The van der Waals surface area contributed by atoms with Crippen LogP contribution < -0.4 is 16.4 Å². The Bertz CT molecular complexity index is 767. The molecule has 6 nitrogen and oxygen atoms in total. The van der Waals surface area contributed by atoms with E-state index < -0.39 is 12.1 Å². The van der Waals surface area contributed by atoms with Gasteiger partial charge in [-0.1, -0.05) is 60.7 Å². The number of carbonyl (C=O) groups is 2. The lowest BCUT2D eigenvalue weighted by Gasteiger charge is -2.21. The molecule has 1 aliphatic rings. The first kappa shape index (κ1) is 20.0. The highest BCUT2D eigenvalue weighted by Crippen LogP contribution is 2.19. The van der Waals surface area contributed by atoms with Gasteiger partial charge in [-0.05, 0) is 24.0 Å². The predicted octanol–water partition coefficient (Wildman–Crippen LogP) is 1.54. The Kier molecular flexibility index (Phi) is 7.17. The van der Waals surface area contributed by atoms with Crippen molar-refractivity contribution in [1.82, 2.24) is 10.6 Å². The summed E-state index contributed by atoms with van der Waals surface area (Å²) in [6, 6.07) is 18.7. The van der Waals surface area contributed by atoms with Gasteiger partial charge in [0, 0.05) is 19.5 Å². The molecule has 148 valence electrons. The van der Waals surface area contributed by atoms with E-state index in [9.17, 15) is 9.59 Å². The lowest BCUT2D eigenvalue weighted by Crippen LogP contribution is -2.50. The van der Waals surface area contributed by atoms with Crippen molar-refractivity contribution in [3.63, 3.8) is 0 Å². The number of nitrogens with two attached hydrogens (primary N) is 1. The quantitative estimate of drug-likeness (QED) is 0.647. The molecule has 1 aliphatic heterocycles. The first-order chi connectivity index (χ1) is 13.7. The molecular weight excluding hydrogens is 354 g/mol. The van der Waals surface area contributed by atoms with Crippen molar-refractivity contribution in [3.8, 4) is 0 Å². The number of nitrogens with one attached hydrogen (secondary N) is 2. The van der Waals surface area contributed by atoms with Gasteiger partial charge in [-0.25, -0.2) is 0 Å². The Morgan fingerprint density at radius 1 is 1.00 bits per heavy atom. The zero-order chi connectivity index (χ0) is 19.8. The average molecular weight is 381 g/mol. The number of hydrogen-bond donors (Lipinski definition) is 3. The molecule has 0 aliphatic carbocycles. The SMILES string of the molecule is NC[C@H]1CC[C@@H](C(=O)NC(Cc2ccccc2)C(=O)NCc2ccccc2)O1. The van der Waals surface area contributed by atoms with Crippen LogP contribution in [0.4, 0.5) is 0 Å². The van der Waals surface area contributed by atoms with Gasteiger partial charge < -0.3 is 21.1 Å². The highest BCUT2D eigenvalue weighted by molar-refractivity contribution is 5.89. The van der Waals surface area contributed by atoms with Crippen LogP contribution in [-0.4, -0.2) is 36.6 Å². The fourth-order valence-corrected chi connectivity index (χ4v) is 3.30. The van der Waals surface area contributed by atoms with Crippen LogP contribution in [0.15, 0.2) is 60.7 Å². The molecule has 6 heteroatoms. The lowest BCUT2D eigenvalue weighted by molar-refractivity contribution is -0.136. The van der Waals surface area contributed by atoms with E-state index in [1.54, 1.807) is 0 Å². The van der Waals surface area contributed by atoms with Gasteiger partial charge in [0.15, 0.2) is 0 Å². The maximum Gasteiger partial charge on any atom is 0.249 e. The van der Waals surface area contributed by atoms with Gasteiger partial charge in [-0.2, -0.15) is 0 Å². The van der Waals surface area contributed by atoms with Crippen LogP contribution in [0.1, 0.15) is 24.0 Å². The number of rotatable bonds is 8.